The molecule has 31 heavy (non-hydrogen) atoms. The van der Waals surface area contributed by atoms with Crippen LogP contribution in [0.2, 0.25) is 0 Å². The maximum Gasteiger partial charge on any atom is 0.387 e. The molecule has 2 heterocycles. The van der Waals surface area contributed by atoms with Crippen LogP contribution in [0.3, 0.4) is 0 Å². The summed E-state index contributed by atoms with van der Waals surface area (Å²) in [5.74, 6) is 0.962. The second kappa shape index (κ2) is 12.6. The monoisotopic (exact) mass is 545 g/mol. The topological polar surface area (TPSA) is 61.8 Å². The molecule has 0 spiro atoms. The summed E-state index contributed by atoms with van der Waals surface area (Å²) in [4.78, 5) is 10.7. The molecule has 2 N–H and O–H groups in total. The standard InChI is InChI=1S/C22H29F2N5O.HI/c1-16-14-26-11-9-17(16)10-12-27-22(25-2)28-18-4-3-13-29(15-18)19-5-7-20(8-6-19)30-21(23)24;/h5-9,11,14,18,21H,3-4,10,12-13,15H2,1-2H3,(H2,25,27,28);1H. The highest BCUT2D eigenvalue weighted by atomic mass is 127. The molecule has 9 heteroatoms. The van der Waals surface area contributed by atoms with Crippen LogP contribution in [0.1, 0.15) is 24.0 Å². The minimum absolute atomic E-state index is 0. The van der Waals surface area contributed by atoms with Gasteiger partial charge in [0, 0.05) is 50.8 Å². The summed E-state index contributed by atoms with van der Waals surface area (Å²) in [6.07, 6.45) is 6.69. The highest BCUT2D eigenvalue weighted by Crippen LogP contribution is 2.23. The third-order valence-corrected chi connectivity index (χ3v) is 5.24. The first-order valence-corrected chi connectivity index (χ1v) is 10.2. The third-order valence-electron chi connectivity index (χ3n) is 5.24. The van der Waals surface area contributed by atoms with Gasteiger partial charge in [0.25, 0.3) is 0 Å². The van der Waals surface area contributed by atoms with E-state index >= 15 is 0 Å². The van der Waals surface area contributed by atoms with Gasteiger partial charge in [0.15, 0.2) is 5.96 Å². The van der Waals surface area contributed by atoms with Crippen molar-refractivity contribution in [2.24, 2.45) is 4.99 Å². The Morgan fingerprint density at radius 2 is 2.06 bits per heavy atom. The summed E-state index contributed by atoms with van der Waals surface area (Å²) >= 11 is 0. The number of hydrogen-bond donors (Lipinski definition) is 2. The number of aromatic nitrogens is 1. The zero-order valence-electron chi connectivity index (χ0n) is 17.9. The fourth-order valence-electron chi connectivity index (χ4n) is 3.65. The van der Waals surface area contributed by atoms with Crippen molar-refractivity contribution in [2.45, 2.75) is 38.8 Å². The van der Waals surface area contributed by atoms with Crippen LogP contribution in [0.5, 0.6) is 5.75 Å². The molecule has 0 radical (unpaired) electrons. The first kappa shape index (κ1) is 25.1. The quantitative estimate of drug-likeness (QED) is 0.313. The molecular formula is C22H30F2IN5O. The Hall–Kier alpha value is -2.17. The molecule has 3 rings (SSSR count). The van der Waals surface area contributed by atoms with E-state index < -0.39 is 6.61 Å². The summed E-state index contributed by atoms with van der Waals surface area (Å²) in [5, 5.41) is 6.89. The number of aryl methyl sites for hydroxylation is 1. The molecule has 1 unspecified atom stereocenters. The van der Waals surface area contributed by atoms with Crippen LogP contribution in [-0.4, -0.2) is 50.3 Å². The zero-order chi connectivity index (χ0) is 21.3. The maximum absolute atomic E-state index is 12.3. The number of anilines is 1. The van der Waals surface area contributed by atoms with E-state index in [1.165, 1.54) is 11.1 Å². The number of piperidine rings is 1. The van der Waals surface area contributed by atoms with Crippen molar-refractivity contribution in [3.05, 3.63) is 53.9 Å². The van der Waals surface area contributed by atoms with E-state index in [2.05, 4.69) is 37.2 Å². The number of halogens is 3. The van der Waals surface area contributed by atoms with Crippen molar-refractivity contribution in [1.29, 1.82) is 0 Å². The third kappa shape index (κ3) is 7.79. The molecule has 0 bridgehead atoms. The number of aliphatic imine (C=N–C) groups is 1. The number of nitrogens with zero attached hydrogens (tertiary/aromatic N) is 3. The fourth-order valence-corrected chi connectivity index (χ4v) is 3.65. The lowest BCUT2D eigenvalue weighted by molar-refractivity contribution is -0.0498. The molecule has 1 atom stereocenters. The van der Waals surface area contributed by atoms with Crippen LogP contribution in [-0.2, 0) is 6.42 Å². The molecule has 2 aromatic rings. The van der Waals surface area contributed by atoms with Gasteiger partial charge < -0.3 is 20.3 Å². The van der Waals surface area contributed by atoms with Gasteiger partial charge in [-0.05, 0) is 67.6 Å². The Labute approximate surface area is 199 Å². The van der Waals surface area contributed by atoms with Gasteiger partial charge >= 0.3 is 6.61 Å². The van der Waals surface area contributed by atoms with Gasteiger partial charge in [0.05, 0.1) is 0 Å². The Balaban J connectivity index is 0.00000341. The number of pyridine rings is 1. The van der Waals surface area contributed by atoms with Crippen molar-refractivity contribution in [2.75, 3.05) is 31.6 Å². The highest BCUT2D eigenvalue weighted by Gasteiger charge is 2.21. The summed E-state index contributed by atoms with van der Waals surface area (Å²) < 4.78 is 29.1. The number of guanidine groups is 1. The Bertz CT molecular complexity index is 835. The van der Waals surface area contributed by atoms with Gasteiger partial charge in [-0.1, -0.05) is 0 Å². The number of nitrogens with one attached hydrogen (secondary N) is 2. The van der Waals surface area contributed by atoms with Gasteiger partial charge in [-0.15, -0.1) is 24.0 Å². The van der Waals surface area contributed by atoms with E-state index in [0.29, 0.717) is 0 Å². The molecule has 1 aromatic heterocycles. The van der Waals surface area contributed by atoms with Gasteiger partial charge in [0.1, 0.15) is 5.75 Å². The van der Waals surface area contributed by atoms with Crippen molar-refractivity contribution in [1.82, 2.24) is 15.6 Å². The van der Waals surface area contributed by atoms with Crippen LogP contribution in [0, 0.1) is 6.92 Å². The van der Waals surface area contributed by atoms with Crippen molar-refractivity contribution in [3.8, 4) is 5.75 Å². The second-order valence-electron chi connectivity index (χ2n) is 7.35. The molecule has 1 aliphatic rings. The lowest BCUT2D eigenvalue weighted by Gasteiger charge is -2.35. The van der Waals surface area contributed by atoms with Gasteiger partial charge in [-0.2, -0.15) is 8.78 Å². The first-order chi connectivity index (χ1) is 14.5. The smallest absolute Gasteiger partial charge is 0.387 e. The molecule has 1 aromatic carbocycles. The maximum atomic E-state index is 12.3. The summed E-state index contributed by atoms with van der Waals surface area (Å²) in [5.41, 5.74) is 3.46. The lowest BCUT2D eigenvalue weighted by atomic mass is 10.0. The summed E-state index contributed by atoms with van der Waals surface area (Å²) in [6.45, 7) is 1.80. The van der Waals surface area contributed by atoms with Crippen LogP contribution in [0.15, 0.2) is 47.7 Å². The number of ether oxygens (including phenoxy) is 1. The Kier molecular flexibility index (Phi) is 10.2. The highest BCUT2D eigenvalue weighted by molar-refractivity contribution is 14.0. The molecule has 1 saturated heterocycles. The number of rotatable bonds is 7. The largest absolute Gasteiger partial charge is 0.435 e. The molecule has 1 fully saturated rings. The predicted molar refractivity (Wildman–Crippen MR) is 131 cm³/mol. The van der Waals surface area contributed by atoms with Crippen molar-refractivity contribution < 1.29 is 13.5 Å². The molecule has 0 amide bonds. The normalized spacial score (nSPS) is 16.6. The van der Waals surface area contributed by atoms with Crippen LogP contribution < -0.4 is 20.3 Å². The molecule has 0 aliphatic carbocycles. The average molecular weight is 545 g/mol. The lowest BCUT2D eigenvalue weighted by Crippen LogP contribution is -2.51. The van der Waals surface area contributed by atoms with Crippen molar-refractivity contribution >= 4 is 35.6 Å². The number of benzene rings is 1. The van der Waals surface area contributed by atoms with Crippen LogP contribution in [0.4, 0.5) is 14.5 Å². The molecule has 0 saturated carbocycles. The summed E-state index contributed by atoms with van der Waals surface area (Å²) in [6, 6.07) is 9.11. The molecule has 170 valence electrons. The first-order valence-electron chi connectivity index (χ1n) is 10.2. The van der Waals surface area contributed by atoms with Gasteiger partial charge in [-0.25, -0.2) is 0 Å². The van der Waals surface area contributed by atoms with Crippen molar-refractivity contribution in [3.63, 3.8) is 0 Å². The molecule has 6 nitrogen and oxygen atoms in total. The van der Waals surface area contributed by atoms with E-state index in [-0.39, 0.29) is 35.8 Å². The zero-order valence-corrected chi connectivity index (χ0v) is 20.2. The van der Waals surface area contributed by atoms with E-state index in [9.17, 15) is 8.78 Å². The van der Waals surface area contributed by atoms with E-state index in [1.54, 1.807) is 19.2 Å². The number of alkyl halides is 2. The second-order valence-corrected chi connectivity index (χ2v) is 7.35. The van der Waals surface area contributed by atoms with Gasteiger partial charge in [-0.3, -0.25) is 9.98 Å². The average Bonchev–Trinajstić information content (AvgIpc) is 2.74. The minimum atomic E-state index is -2.80. The van der Waals surface area contributed by atoms with E-state index in [1.807, 2.05) is 30.6 Å². The summed E-state index contributed by atoms with van der Waals surface area (Å²) in [7, 11) is 1.77. The molecule has 1 aliphatic heterocycles. The minimum Gasteiger partial charge on any atom is -0.435 e. The van der Waals surface area contributed by atoms with Crippen LogP contribution in [0.25, 0.3) is 0 Å². The van der Waals surface area contributed by atoms with E-state index in [0.717, 1.165) is 50.5 Å². The van der Waals surface area contributed by atoms with Gasteiger partial charge in [0.2, 0.25) is 0 Å². The van der Waals surface area contributed by atoms with E-state index in [4.69, 9.17) is 0 Å². The number of hydrogen-bond acceptors (Lipinski definition) is 4. The fraction of sp³-hybridized carbons (Fsp3) is 0.455. The van der Waals surface area contributed by atoms with Crippen LogP contribution >= 0.6 is 24.0 Å². The Morgan fingerprint density at radius 1 is 1.29 bits per heavy atom. The Morgan fingerprint density at radius 3 is 2.74 bits per heavy atom. The SMILES string of the molecule is CN=C(NCCc1ccncc1C)NC1CCCN(c2ccc(OC(F)F)cc2)C1.I. The molecular weight excluding hydrogens is 515 g/mol. The predicted octanol–water partition coefficient (Wildman–Crippen LogP) is 3.99.